The Balaban J connectivity index is 1.93. The van der Waals surface area contributed by atoms with E-state index in [4.69, 9.17) is 5.73 Å². The molecule has 1 heterocycles. The minimum atomic E-state index is -0.358. The molecule has 3 N–H and O–H groups in total. The van der Waals surface area contributed by atoms with Crippen LogP contribution in [-0.4, -0.2) is 12.5 Å². The van der Waals surface area contributed by atoms with E-state index in [1.54, 1.807) is 6.07 Å². The van der Waals surface area contributed by atoms with Crippen molar-refractivity contribution in [2.75, 3.05) is 22.5 Å². The highest BCUT2D eigenvalue weighted by Gasteiger charge is 2.21. The molecule has 0 saturated carbocycles. The number of amides is 1. The first kappa shape index (κ1) is 12.5. The average molecular weight is 271 g/mol. The zero-order valence-electron chi connectivity index (χ0n) is 10.8. The quantitative estimate of drug-likeness (QED) is 0.824. The molecule has 0 unspecified atom stereocenters. The highest BCUT2D eigenvalue weighted by molar-refractivity contribution is 6.01. The lowest BCUT2D eigenvalue weighted by Gasteiger charge is -2.31. The van der Waals surface area contributed by atoms with Gasteiger partial charge in [0.1, 0.15) is 5.82 Å². The molecule has 5 heteroatoms. The molecular weight excluding hydrogens is 257 g/mol. The standard InChI is InChI=1S/C15H14FN3O/c16-11-6-5-10(12(17)7-11)8-19-9-15(20)18-13-3-1-2-4-14(13)19/h1-7H,8-9,17H2,(H,18,20). The van der Waals surface area contributed by atoms with Crippen LogP contribution in [0.25, 0.3) is 0 Å². The predicted molar refractivity (Wildman–Crippen MR) is 76.9 cm³/mol. The average Bonchev–Trinajstić information content (AvgIpc) is 2.41. The van der Waals surface area contributed by atoms with Gasteiger partial charge >= 0.3 is 0 Å². The smallest absolute Gasteiger partial charge is 0.243 e. The number of benzene rings is 2. The Morgan fingerprint density at radius 3 is 2.85 bits per heavy atom. The van der Waals surface area contributed by atoms with Crippen LogP contribution < -0.4 is 16.0 Å². The molecule has 0 atom stereocenters. The number of hydrogen-bond acceptors (Lipinski definition) is 3. The van der Waals surface area contributed by atoms with E-state index in [9.17, 15) is 9.18 Å². The van der Waals surface area contributed by atoms with Crippen LogP contribution >= 0.6 is 0 Å². The number of halogens is 1. The molecule has 0 saturated heterocycles. The van der Waals surface area contributed by atoms with Crippen molar-refractivity contribution in [2.24, 2.45) is 0 Å². The first-order valence-corrected chi connectivity index (χ1v) is 6.31. The molecule has 4 nitrogen and oxygen atoms in total. The zero-order valence-corrected chi connectivity index (χ0v) is 10.8. The molecule has 2 aromatic carbocycles. The van der Waals surface area contributed by atoms with E-state index in [2.05, 4.69) is 5.32 Å². The van der Waals surface area contributed by atoms with E-state index < -0.39 is 0 Å². The van der Waals surface area contributed by atoms with E-state index in [1.165, 1.54) is 12.1 Å². The molecular formula is C15H14FN3O. The number of nitrogens with zero attached hydrogens (tertiary/aromatic N) is 1. The van der Waals surface area contributed by atoms with E-state index in [0.717, 1.165) is 16.9 Å². The second-order valence-electron chi connectivity index (χ2n) is 4.76. The topological polar surface area (TPSA) is 58.4 Å². The van der Waals surface area contributed by atoms with Crippen LogP contribution in [0.1, 0.15) is 5.56 Å². The van der Waals surface area contributed by atoms with Crippen LogP contribution in [0.3, 0.4) is 0 Å². The summed E-state index contributed by atoms with van der Waals surface area (Å²) in [4.78, 5) is 13.6. The van der Waals surface area contributed by atoms with Crippen LogP contribution in [0.2, 0.25) is 0 Å². The van der Waals surface area contributed by atoms with E-state index in [0.29, 0.717) is 12.2 Å². The van der Waals surface area contributed by atoms with Crippen molar-refractivity contribution in [3.05, 3.63) is 53.8 Å². The maximum atomic E-state index is 13.1. The molecule has 3 rings (SSSR count). The number of hydrogen-bond donors (Lipinski definition) is 2. The monoisotopic (exact) mass is 271 g/mol. The molecule has 1 aliphatic rings. The van der Waals surface area contributed by atoms with Crippen molar-refractivity contribution in [1.82, 2.24) is 0 Å². The summed E-state index contributed by atoms with van der Waals surface area (Å²) >= 11 is 0. The fraction of sp³-hybridized carbons (Fsp3) is 0.133. The minimum Gasteiger partial charge on any atom is -0.398 e. The third-order valence-electron chi connectivity index (χ3n) is 3.32. The third kappa shape index (κ3) is 2.30. The number of para-hydroxylation sites is 2. The van der Waals surface area contributed by atoms with Gasteiger partial charge in [-0.25, -0.2) is 4.39 Å². The maximum absolute atomic E-state index is 13.1. The van der Waals surface area contributed by atoms with Gasteiger partial charge in [-0.2, -0.15) is 0 Å². The number of nitrogens with one attached hydrogen (secondary N) is 1. The van der Waals surface area contributed by atoms with Crippen molar-refractivity contribution in [1.29, 1.82) is 0 Å². The van der Waals surface area contributed by atoms with Crippen LogP contribution in [0, 0.1) is 5.82 Å². The molecule has 0 radical (unpaired) electrons. The number of rotatable bonds is 2. The van der Waals surface area contributed by atoms with Gasteiger partial charge in [0.2, 0.25) is 5.91 Å². The highest BCUT2D eigenvalue weighted by Crippen LogP contribution is 2.30. The van der Waals surface area contributed by atoms with Gasteiger partial charge in [-0.15, -0.1) is 0 Å². The van der Waals surface area contributed by atoms with Gasteiger partial charge in [-0.05, 0) is 29.8 Å². The molecule has 20 heavy (non-hydrogen) atoms. The first-order chi connectivity index (χ1) is 9.63. The lowest BCUT2D eigenvalue weighted by atomic mass is 10.1. The van der Waals surface area contributed by atoms with Crippen molar-refractivity contribution in [3.63, 3.8) is 0 Å². The molecule has 1 aliphatic heterocycles. The van der Waals surface area contributed by atoms with Crippen molar-refractivity contribution < 1.29 is 9.18 Å². The van der Waals surface area contributed by atoms with Crippen LogP contribution in [0.5, 0.6) is 0 Å². The maximum Gasteiger partial charge on any atom is 0.243 e. The lowest BCUT2D eigenvalue weighted by molar-refractivity contribution is -0.115. The van der Waals surface area contributed by atoms with Gasteiger partial charge in [-0.3, -0.25) is 4.79 Å². The summed E-state index contributed by atoms with van der Waals surface area (Å²) in [5, 5.41) is 2.83. The molecule has 0 aliphatic carbocycles. The number of nitrogens with two attached hydrogens (primary N) is 1. The van der Waals surface area contributed by atoms with Crippen LogP contribution in [0.4, 0.5) is 21.5 Å². The molecule has 0 bridgehead atoms. The highest BCUT2D eigenvalue weighted by atomic mass is 19.1. The van der Waals surface area contributed by atoms with E-state index in [-0.39, 0.29) is 18.3 Å². The summed E-state index contributed by atoms with van der Waals surface area (Å²) in [7, 11) is 0. The molecule has 2 aromatic rings. The number of carbonyl (C=O) groups excluding carboxylic acids is 1. The Hall–Kier alpha value is -2.56. The predicted octanol–water partition coefficient (Wildman–Crippen LogP) is 2.37. The fourth-order valence-corrected chi connectivity index (χ4v) is 2.36. The number of nitrogen functional groups attached to an aromatic ring is 1. The lowest BCUT2D eigenvalue weighted by Crippen LogP contribution is -2.37. The first-order valence-electron chi connectivity index (χ1n) is 6.31. The summed E-state index contributed by atoms with van der Waals surface area (Å²) in [6.45, 7) is 0.727. The summed E-state index contributed by atoms with van der Waals surface area (Å²) < 4.78 is 13.1. The van der Waals surface area contributed by atoms with Gasteiger partial charge in [0.25, 0.3) is 0 Å². The Bertz CT molecular complexity index is 672. The summed E-state index contributed by atoms with van der Waals surface area (Å²) in [5.41, 5.74) is 8.75. The summed E-state index contributed by atoms with van der Waals surface area (Å²) in [6.07, 6.45) is 0. The Labute approximate surface area is 116 Å². The molecule has 102 valence electrons. The van der Waals surface area contributed by atoms with Gasteiger partial charge < -0.3 is 16.0 Å². The van der Waals surface area contributed by atoms with E-state index in [1.807, 2.05) is 29.2 Å². The Morgan fingerprint density at radius 2 is 2.05 bits per heavy atom. The number of fused-ring (bicyclic) bond motifs is 1. The third-order valence-corrected chi connectivity index (χ3v) is 3.32. The van der Waals surface area contributed by atoms with Crippen molar-refractivity contribution in [3.8, 4) is 0 Å². The number of carbonyl (C=O) groups is 1. The second kappa shape index (κ2) is 4.85. The summed E-state index contributed by atoms with van der Waals surface area (Å²) in [6, 6.07) is 11.9. The number of anilines is 3. The normalized spacial score (nSPS) is 13.8. The zero-order chi connectivity index (χ0) is 14.1. The second-order valence-corrected chi connectivity index (χ2v) is 4.76. The minimum absolute atomic E-state index is 0.0654. The van der Waals surface area contributed by atoms with E-state index >= 15 is 0 Å². The Morgan fingerprint density at radius 1 is 1.25 bits per heavy atom. The largest absolute Gasteiger partial charge is 0.398 e. The van der Waals surface area contributed by atoms with Gasteiger partial charge in [-0.1, -0.05) is 18.2 Å². The SMILES string of the molecule is Nc1cc(F)ccc1CN1CC(=O)Nc2ccccc21. The molecule has 0 spiro atoms. The summed E-state index contributed by atoms with van der Waals surface area (Å²) in [5.74, 6) is -0.424. The van der Waals surface area contributed by atoms with Gasteiger partial charge in [0.15, 0.2) is 0 Å². The van der Waals surface area contributed by atoms with Gasteiger partial charge in [0, 0.05) is 12.2 Å². The van der Waals surface area contributed by atoms with Gasteiger partial charge in [0.05, 0.1) is 17.9 Å². The van der Waals surface area contributed by atoms with Crippen LogP contribution in [0.15, 0.2) is 42.5 Å². The van der Waals surface area contributed by atoms with Crippen molar-refractivity contribution in [2.45, 2.75) is 6.54 Å². The van der Waals surface area contributed by atoms with Crippen molar-refractivity contribution >= 4 is 23.0 Å². The molecule has 0 fully saturated rings. The molecule has 1 amide bonds. The fourth-order valence-electron chi connectivity index (χ4n) is 2.36. The Kier molecular flexibility index (Phi) is 3.02. The molecule has 0 aromatic heterocycles. The van der Waals surface area contributed by atoms with Crippen LogP contribution in [-0.2, 0) is 11.3 Å².